The van der Waals surface area contributed by atoms with Gasteiger partial charge in [0.2, 0.25) is 0 Å². The van der Waals surface area contributed by atoms with Crippen LogP contribution in [0.2, 0.25) is 0 Å². The molecular weight excluding hydrogens is 356 g/mol. The number of hydrogen-bond donors (Lipinski definition) is 3. The summed E-state index contributed by atoms with van der Waals surface area (Å²) in [5.41, 5.74) is 8.27. The Kier molecular flexibility index (Phi) is 4.28. The number of aromatic amines is 1. The lowest BCUT2D eigenvalue weighted by Crippen LogP contribution is -2.25. The molecule has 23 heavy (non-hydrogen) atoms. The minimum atomic E-state index is 0.00122. The van der Waals surface area contributed by atoms with Crippen molar-refractivity contribution in [2.24, 2.45) is 5.73 Å². The van der Waals surface area contributed by atoms with Crippen LogP contribution in [0.3, 0.4) is 0 Å². The zero-order valence-corrected chi connectivity index (χ0v) is 14.1. The SMILES string of the molecule is C[C@H](N)CNc1cnc(C#N)c(-c2cc3cc(Br)ccc3[nH]2)n1. The lowest BCUT2D eigenvalue weighted by Gasteiger charge is -2.09. The molecule has 0 saturated carbocycles. The number of nitrogens with one attached hydrogen (secondary N) is 2. The summed E-state index contributed by atoms with van der Waals surface area (Å²) in [4.78, 5) is 12.0. The second-order valence-corrected chi connectivity index (χ2v) is 6.25. The van der Waals surface area contributed by atoms with E-state index in [9.17, 15) is 5.26 Å². The lowest BCUT2D eigenvalue weighted by atomic mass is 10.2. The van der Waals surface area contributed by atoms with E-state index in [0.29, 0.717) is 18.1 Å². The van der Waals surface area contributed by atoms with Gasteiger partial charge < -0.3 is 16.0 Å². The van der Waals surface area contributed by atoms with E-state index < -0.39 is 0 Å². The molecular formula is C16H15BrN6. The van der Waals surface area contributed by atoms with E-state index in [1.165, 1.54) is 0 Å². The first kappa shape index (κ1) is 15.5. The minimum absolute atomic E-state index is 0.00122. The van der Waals surface area contributed by atoms with Crippen molar-refractivity contribution in [1.29, 1.82) is 5.26 Å². The maximum absolute atomic E-state index is 9.29. The molecule has 0 saturated heterocycles. The van der Waals surface area contributed by atoms with E-state index in [1.54, 1.807) is 6.20 Å². The molecule has 3 aromatic rings. The van der Waals surface area contributed by atoms with Crippen molar-refractivity contribution >= 4 is 32.7 Å². The van der Waals surface area contributed by atoms with Crippen LogP contribution in [0.5, 0.6) is 0 Å². The van der Waals surface area contributed by atoms with Crippen molar-refractivity contribution in [2.75, 3.05) is 11.9 Å². The van der Waals surface area contributed by atoms with Crippen LogP contribution in [0.15, 0.2) is 34.9 Å². The highest BCUT2D eigenvalue weighted by Crippen LogP contribution is 2.27. The summed E-state index contributed by atoms with van der Waals surface area (Å²) in [7, 11) is 0. The molecule has 0 spiro atoms. The van der Waals surface area contributed by atoms with E-state index in [4.69, 9.17) is 5.73 Å². The minimum Gasteiger partial charge on any atom is -0.367 e. The van der Waals surface area contributed by atoms with Crippen molar-refractivity contribution in [1.82, 2.24) is 15.0 Å². The Bertz CT molecular complexity index is 893. The number of H-pyrrole nitrogens is 1. The molecule has 0 aliphatic carbocycles. The average molecular weight is 371 g/mol. The van der Waals surface area contributed by atoms with Gasteiger partial charge in [-0.05, 0) is 31.2 Å². The molecule has 1 aromatic carbocycles. The summed E-state index contributed by atoms with van der Waals surface area (Å²) in [6, 6.07) is 9.98. The van der Waals surface area contributed by atoms with Crippen LogP contribution in [-0.4, -0.2) is 27.5 Å². The van der Waals surface area contributed by atoms with Gasteiger partial charge in [-0.15, -0.1) is 0 Å². The molecule has 0 aliphatic heterocycles. The van der Waals surface area contributed by atoms with Crippen molar-refractivity contribution < 1.29 is 0 Å². The Labute approximate surface area is 141 Å². The quantitative estimate of drug-likeness (QED) is 0.654. The molecule has 2 aromatic heterocycles. The maximum atomic E-state index is 9.29. The molecule has 0 radical (unpaired) electrons. The first-order valence-electron chi connectivity index (χ1n) is 7.12. The van der Waals surface area contributed by atoms with Gasteiger partial charge >= 0.3 is 0 Å². The summed E-state index contributed by atoms with van der Waals surface area (Å²) in [6.45, 7) is 2.49. The standard InChI is InChI=1S/C16H15BrN6/c1-9(19)7-21-15-8-20-14(6-18)16(23-15)13-5-10-4-11(17)2-3-12(10)22-13/h2-5,8-9,22H,7,19H2,1H3,(H,21,23)/t9-/m0/s1. The topological polar surface area (TPSA) is 103 Å². The number of nitrogens with zero attached hydrogens (tertiary/aromatic N) is 3. The van der Waals surface area contributed by atoms with E-state index in [0.717, 1.165) is 21.1 Å². The second-order valence-electron chi connectivity index (χ2n) is 5.34. The summed E-state index contributed by atoms with van der Waals surface area (Å²) < 4.78 is 0.995. The van der Waals surface area contributed by atoms with Crippen molar-refractivity contribution in [2.45, 2.75) is 13.0 Å². The maximum Gasteiger partial charge on any atom is 0.168 e. The molecule has 0 aliphatic rings. The summed E-state index contributed by atoms with van der Waals surface area (Å²) >= 11 is 3.46. The van der Waals surface area contributed by atoms with Gasteiger partial charge in [-0.3, -0.25) is 0 Å². The molecule has 0 fully saturated rings. The number of benzene rings is 1. The highest BCUT2D eigenvalue weighted by Gasteiger charge is 2.13. The number of anilines is 1. The first-order chi connectivity index (χ1) is 11.1. The number of fused-ring (bicyclic) bond motifs is 1. The van der Waals surface area contributed by atoms with Gasteiger partial charge in [0.15, 0.2) is 5.69 Å². The van der Waals surface area contributed by atoms with Gasteiger partial charge in [0.25, 0.3) is 0 Å². The number of hydrogen-bond acceptors (Lipinski definition) is 5. The molecule has 4 N–H and O–H groups in total. The van der Waals surface area contributed by atoms with Crippen molar-refractivity contribution in [3.05, 3.63) is 40.6 Å². The molecule has 116 valence electrons. The number of aromatic nitrogens is 3. The van der Waals surface area contributed by atoms with Crippen LogP contribution >= 0.6 is 15.9 Å². The molecule has 0 bridgehead atoms. The van der Waals surface area contributed by atoms with Crippen LogP contribution in [0.25, 0.3) is 22.3 Å². The number of nitriles is 1. The highest BCUT2D eigenvalue weighted by atomic mass is 79.9. The Morgan fingerprint density at radius 1 is 1.43 bits per heavy atom. The van der Waals surface area contributed by atoms with Crippen molar-refractivity contribution in [3.8, 4) is 17.5 Å². The number of halogens is 1. The fraction of sp³-hybridized carbons (Fsp3) is 0.188. The van der Waals surface area contributed by atoms with Crippen LogP contribution in [0, 0.1) is 11.3 Å². The largest absolute Gasteiger partial charge is 0.367 e. The summed E-state index contributed by atoms with van der Waals surface area (Å²) in [6.07, 6.45) is 1.55. The Hall–Kier alpha value is -2.43. The third-order valence-corrected chi connectivity index (χ3v) is 3.81. The van der Waals surface area contributed by atoms with Gasteiger partial charge in [-0.1, -0.05) is 15.9 Å². The fourth-order valence-electron chi connectivity index (χ4n) is 2.24. The monoisotopic (exact) mass is 370 g/mol. The Balaban J connectivity index is 2.04. The Morgan fingerprint density at radius 3 is 3.00 bits per heavy atom. The Morgan fingerprint density at radius 2 is 2.26 bits per heavy atom. The van der Waals surface area contributed by atoms with Gasteiger partial charge in [0.05, 0.1) is 11.9 Å². The first-order valence-corrected chi connectivity index (χ1v) is 7.91. The fourth-order valence-corrected chi connectivity index (χ4v) is 2.62. The summed E-state index contributed by atoms with van der Waals surface area (Å²) in [5.74, 6) is 0.594. The van der Waals surface area contributed by atoms with E-state index >= 15 is 0 Å². The van der Waals surface area contributed by atoms with E-state index in [1.807, 2.05) is 31.2 Å². The van der Waals surface area contributed by atoms with Crippen LogP contribution in [-0.2, 0) is 0 Å². The third-order valence-electron chi connectivity index (χ3n) is 3.32. The zero-order valence-electron chi connectivity index (χ0n) is 12.5. The highest BCUT2D eigenvalue weighted by molar-refractivity contribution is 9.10. The van der Waals surface area contributed by atoms with Crippen LogP contribution in [0.1, 0.15) is 12.6 Å². The molecule has 0 amide bonds. The molecule has 6 nitrogen and oxygen atoms in total. The van der Waals surface area contributed by atoms with Crippen LogP contribution in [0.4, 0.5) is 5.82 Å². The number of rotatable bonds is 4. The van der Waals surface area contributed by atoms with Gasteiger partial charge in [-0.25, -0.2) is 9.97 Å². The third kappa shape index (κ3) is 3.33. The summed E-state index contributed by atoms with van der Waals surface area (Å²) in [5, 5.41) is 13.4. The molecule has 1 atom stereocenters. The number of nitrogens with two attached hydrogens (primary N) is 1. The normalized spacial score (nSPS) is 12.1. The van der Waals surface area contributed by atoms with Crippen molar-refractivity contribution in [3.63, 3.8) is 0 Å². The molecule has 3 rings (SSSR count). The predicted octanol–water partition coefficient (Wildman–Crippen LogP) is 3.02. The van der Waals surface area contributed by atoms with Gasteiger partial charge in [0.1, 0.15) is 17.6 Å². The smallest absolute Gasteiger partial charge is 0.168 e. The van der Waals surface area contributed by atoms with Crippen LogP contribution < -0.4 is 11.1 Å². The second kappa shape index (κ2) is 6.36. The molecule has 2 heterocycles. The molecule has 0 unspecified atom stereocenters. The predicted molar refractivity (Wildman–Crippen MR) is 93.9 cm³/mol. The average Bonchev–Trinajstić information content (AvgIpc) is 2.95. The lowest BCUT2D eigenvalue weighted by molar-refractivity contribution is 0.776. The van der Waals surface area contributed by atoms with Gasteiger partial charge in [-0.2, -0.15) is 5.26 Å². The molecule has 7 heteroatoms. The zero-order chi connectivity index (χ0) is 16.4. The van der Waals surface area contributed by atoms with E-state index in [2.05, 4.69) is 42.3 Å². The van der Waals surface area contributed by atoms with E-state index in [-0.39, 0.29) is 11.7 Å². The van der Waals surface area contributed by atoms with Gasteiger partial charge in [0, 0.05) is 28.0 Å².